The lowest BCUT2D eigenvalue weighted by Crippen LogP contribution is -2.41. The van der Waals surface area contributed by atoms with Crippen molar-refractivity contribution < 1.29 is 23.9 Å². The first kappa shape index (κ1) is 22.3. The van der Waals surface area contributed by atoms with Crippen molar-refractivity contribution in [3.63, 3.8) is 0 Å². The molecule has 1 aromatic carbocycles. The van der Waals surface area contributed by atoms with Gasteiger partial charge < -0.3 is 19.4 Å². The third-order valence-corrected chi connectivity index (χ3v) is 4.39. The fraction of sp³-hybridized carbons (Fsp3) is 0.350. The first-order valence-corrected chi connectivity index (χ1v) is 9.43. The van der Waals surface area contributed by atoms with Gasteiger partial charge >= 0.3 is 12.0 Å². The van der Waals surface area contributed by atoms with Gasteiger partial charge in [0.15, 0.2) is 6.61 Å². The Bertz CT molecular complexity index is 923. The third kappa shape index (κ3) is 5.51. The summed E-state index contributed by atoms with van der Waals surface area (Å²) in [6.07, 6.45) is 0.740. The summed E-state index contributed by atoms with van der Waals surface area (Å²) < 4.78 is 12.3. The van der Waals surface area contributed by atoms with E-state index in [0.29, 0.717) is 34.3 Å². The van der Waals surface area contributed by atoms with E-state index in [1.165, 1.54) is 0 Å². The monoisotopic (exact) mass is 421 g/mol. The molecule has 1 aromatic heterocycles. The molecule has 0 spiro atoms. The van der Waals surface area contributed by atoms with Crippen molar-refractivity contribution in [2.24, 2.45) is 0 Å². The van der Waals surface area contributed by atoms with E-state index in [4.69, 9.17) is 21.1 Å². The molecule has 0 aliphatic rings. The number of aryl methyl sites for hydroxylation is 1. The molecule has 0 saturated carbocycles. The summed E-state index contributed by atoms with van der Waals surface area (Å²) in [6.45, 7) is 5.34. The van der Waals surface area contributed by atoms with Gasteiger partial charge in [0.1, 0.15) is 5.75 Å². The Morgan fingerprint density at radius 3 is 2.55 bits per heavy atom. The van der Waals surface area contributed by atoms with E-state index in [0.717, 1.165) is 12.1 Å². The van der Waals surface area contributed by atoms with Crippen molar-refractivity contribution >= 4 is 29.5 Å². The maximum Gasteiger partial charge on any atom is 0.340 e. The Balaban J connectivity index is 2.14. The SMILES string of the molecule is CCCNC(=O)NC(=O)COC(=O)c1cc(C)n(-c2cc(Cl)ccc2OC)c1C. The molecule has 2 N–H and O–H groups in total. The number of ether oxygens (including phenoxy) is 2. The summed E-state index contributed by atoms with van der Waals surface area (Å²) in [5.74, 6) is -0.791. The number of nitrogens with one attached hydrogen (secondary N) is 2. The van der Waals surface area contributed by atoms with Crippen molar-refractivity contribution in [3.8, 4) is 11.4 Å². The molecule has 8 nitrogen and oxygen atoms in total. The fourth-order valence-electron chi connectivity index (χ4n) is 2.83. The number of urea groups is 1. The lowest BCUT2D eigenvalue weighted by Gasteiger charge is -2.14. The number of hydrogen-bond donors (Lipinski definition) is 2. The Hall–Kier alpha value is -3.00. The molecule has 0 saturated heterocycles. The van der Waals surface area contributed by atoms with E-state index in [9.17, 15) is 14.4 Å². The maximum absolute atomic E-state index is 12.5. The van der Waals surface area contributed by atoms with Gasteiger partial charge in [0.2, 0.25) is 0 Å². The molecular weight excluding hydrogens is 398 g/mol. The van der Waals surface area contributed by atoms with Crippen LogP contribution in [0.3, 0.4) is 0 Å². The van der Waals surface area contributed by atoms with E-state index in [1.807, 2.05) is 18.4 Å². The van der Waals surface area contributed by atoms with Gasteiger partial charge in [-0.15, -0.1) is 0 Å². The molecule has 29 heavy (non-hydrogen) atoms. The zero-order chi connectivity index (χ0) is 21.6. The third-order valence-electron chi connectivity index (χ3n) is 4.16. The second-order valence-electron chi connectivity index (χ2n) is 6.32. The Morgan fingerprint density at radius 2 is 1.90 bits per heavy atom. The predicted molar refractivity (Wildman–Crippen MR) is 109 cm³/mol. The van der Waals surface area contributed by atoms with Gasteiger partial charge in [-0.05, 0) is 44.5 Å². The lowest BCUT2D eigenvalue weighted by molar-refractivity contribution is -0.123. The molecule has 156 valence electrons. The minimum atomic E-state index is -0.711. The zero-order valence-electron chi connectivity index (χ0n) is 16.8. The minimum Gasteiger partial charge on any atom is -0.495 e. The van der Waals surface area contributed by atoms with Crippen LogP contribution in [-0.2, 0) is 9.53 Å². The Labute approximate surface area is 174 Å². The quantitative estimate of drug-likeness (QED) is 0.669. The van der Waals surface area contributed by atoms with E-state index >= 15 is 0 Å². The van der Waals surface area contributed by atoms with Gasteiger partial charge in [-0.2, -0.15) is 0 Å². The molecule has 2 aromatic rings. The molecule has 9 heteroatoms. The summed E-state index contributed by atoms with van der Waals surface area (Å²) in [5.41, 5.74) is 2.35. The van der Waals surface area contributed by atoms with Gasteiger partial charge in [-0.3, -0.25) is 10.1 Å². The average Bonchev–Trinajstić information content (AvgIpc) is 2.98. The number of hydrogen-bond acceptors (Lipinski definition) is 5. The van der Waals surface area contributed by atoms with E-state index < -0.39 is 24.5 Å². The minimum absolute atomic E-state index is 0.299. The number of nitrogens with zero attached hydrogens (tertiary/aromatic N) is 1. The van der Waals surface area contributed by atoms with E-state index in [2.05, 4.69) is 10.6 Å². The van der Waals surface area contributed by atoms with Gasteiger partial charge in [-0.1, -0.05) is 18.5 Å². The van der Waals surface area contributed by atoms with Crippen LogP contribution in [0.1, 0.15) is 35.1 Å². The number of aromatic nitrogens is 1. The van der Waals surface area contributed by atoms with Gasteiger partial charge in [0.05, 0.1) is 18.4 Å². The van der Waals surface area contributed by atoms with Crippen LogP contribution in [-0.4, -0.2) is 42.7 Å². The highest BCUT2D eigenvalue weighted by Crippen LogP contribution is 2.30. The lowest BCUT2D eigenvalue weighted by atomic mass is 10.2. The van der Waals surface area contributed by atoms with Gasteiger partial charge in [-0.25, -0.2) is 9.59 Å². The number of amides is 3. The van der Waals surface area contributed by atoms with Crippen LogP contribution < -0.4 is 15.4 Å². The second kappa shape index (κ2) is 9.97. The largest absolute Gasteiger partial charge is 0.495 e. The molecule has 0 unspecified atom stereocenters. The van der Waals surface area contributed by atoms with Crippen molar-refractivity contribution in [3.05, 3.63) is 46.2 Å². The number of carbonyl (C=O) groups is 3. The number of halogens is 1. The molecule has 0 fully saturated rings. The molecular formula is C20H24ClN3O5. The standard InChI is InChI=1S/C20H24ClN3O5/c1-5-8-22-20(27)23-18(25)11-29-19(26)15-9-12(2)24(13(15)3)16-10-14(21)6-7-17(16)28-4/h6-7,9-10H,5,8,11H2,1-4H3,(H2,22,23,25,27). The smallest absolute Gasteiger partial charge is 0.340 e. The number of esters is 1. The molecule has 2 rings (SSSR count). The van der Waals surface area contributed by atoms with Crippen LogP contribution in [0.2, 0.25) is 5.02 Å². The molecule has 3 amide bonds. The molecule has 0 aliphatic carbocycles. The van der Waals surface area contributed by atoms with E-state index in [1.54, 1.807) is 38.3 Å². The summed E-state index contributed by atoms with van der Waals surface area (Å²) in [6, 6.07) is 6.21. The molecule has 1 heterocycles. The highest BCUT2D eigenvalue weighted by molar-refractivity contribution is 6.30. The first-order valence-electron chi connectivity index (χ1n) is 9.06. The van der Waals surface area contributed by atoms with Crippen LogP contribution in [0, 0.1) is 13.8 Å². The van der Waals surface area contributed by atoms with Crippen LogP contribution in [0.5, 0.6) is 5.75 Å². The molecule has 0 aliphatic heterocycles. The number of carbonyl (C=O) groups excluding carboxylic acids is 3. The summed E-state index contributed by atoms with van der Waals surface area (Å²) in [5, 5.41) is 5.12. The average molecular weight is 422 g/mol. The van der Waals surface area contributed by atoms with Crippen molar-refractivity contribution in [2.75, 3.05) is 20.3 Å². The summed E-state index contributed by atoms with van der Waals surface area (Å²) >= 11 is 6.12. The van der Waals surface area contributed by atoms with Crippen molar-refractivity contribution in [1.29, 1.82) is 0 Å². The molecule has 0 radical (unpaired) electrons. The maximum atomic E-state index is 12.5. The number of methoxy groups -OCH3 is 1. The second-order valence-corrected chi connectivity index (χ2v) is 6.75. The number of rotatable bonds is 7. The Kier molecular flexibility index (Phi) is 7.67. The normalized spacial score (nSPS) is 10.4. The van der Waals surface area contributed by atoms with Crippen LogP contribution in [0.4, 0.5) is 4.79 Å². The highest BCUT2D eigenvalue weighted by Gasteiger charge is 2.21. The Morgan fingerprint density at radius 1 is 1.17 bits per heavy atom. The summed E-state index contributed by atoms with van der Waals surface area (Å²) in [4.78, 5) is 35.7. The van der Waals surface area contributed by atoms with Gasteiger partial charge in [0, 0.05) is 23.0 Å². The topological polar surface area (TPSA) is 98.7 Å². The van der Waals surface area contributed by atoms with Crippen LogP contribution >= 0.6 is 11.6 Å². The zero-order valence-corrected chi connectivity index (χ0v) is 17.6. The number of imide groups is 1. The van der Waals surface area contributed by atoms with Crippen LogP contribution in [0.15, 0.2) is 24.3 Å². The van der Waals surface area contributed by atoms with Crippen molar-refractivity contribution in [1.82, 2.24) is 15.2 Å². The molecule has 0 atom stereocenters. The first-order chi connectivity index (χ1) is 13.8. The van der Waals surface area contributed by atoms with Gasteiger partial charge in [0.25, 0.3) is 5.91 Å². The van der Waals surface area contributed by atoms with E-state index in [-0.39, 0.29) is 0 Å². The van der Waals surface area contributed by atoms with Crippen molar-refractivity contribution in [2.45, 2.75) is 27.2 Å². The predicted octanol–water partition coefficient (Wildman–Crippen LogP) is 3.15. The molecule has 0 bridgehead atoms. The number of benzene rings is 1. The van der Waals surface area contributed by atoms with Crippen LogP contribution in [0.25, 0.3) is 5.69 Å². The summed E-state index contributed by atoms with van der Waals surface area (Å²) in [7, 11) is 1.55. The fourth-order valence-corrected chi connectivity index (χ4v) is 3.00. The highest BCUT2D eigenvalue weighted by atomic mass is 35.5.